The van der Waals surface area contributed by atoms with E-state index in [2.05, 4.69) is 5.32 Å². The SMILES string of the molecule is CCCNC(=O)[C@@H](C)N(Cc1ccccc1F)C(=O)CN(c1cccc([N+](=O)[O-])c1)S(C)(=O)=O. The van der Waals surface area contributed by atoms with E-state index in [1.165, 1.54) is 43.3 Å². The van der Waals surface area contributed by atoms with E-state index >= 15 is 0 Å². The molecule has 0 bridgehead atoms. The third-order valence-corrected chi connectivity index (χ3v) is 6.16. The van der Waals surface area contributed by atoms with Crippen molar-refractivity contribution in [2.75, 3.05) is 23.7 Å². The van der Waals surface area contributed by atoms with Crippen molar-refractivity contribution in [2.45, 2.75) is 32.9 Å². The number of anilines is 1. The number of nitrogens with zero attached hydrogens (tertiary/aromatic N) is 3. The van der Waals surface area contributed by atoms with Crippen LogP contribution in [0.3, 0.4) is 0 Å². The molecule has 0 fully saturated rings. The predicted octanol–water partition coefficient (Wildman–Crippen LogP) is 2.44. The molecule has 0 aliphatic rings. The van der Waals surface area contributed by atoms with Crippen LogP contribution in [0, 0.1) is 15.9 Å². The maximum Gasteiger partial charge on any atom is 0.271 e. The Labute approximate surface area is 197 Å². The van der Waals surface area contributed by atoms with Crippen molar-refractivity contribution in [1.82, 2.24) is 10.2 Å². The number of nitro groups is 1. The van der Waals surface area contributed by atoms with Gasteiger partial charge in [-0.05, 0) is 25.5 Å². The van der Waals surface area contributed by atoms with Gasteiger partial charge in [0.05, 0.1) is 16.9 Å². The lowest BCUT2D eigenvalue weighted by Crippen LogP contribution is -2.51. The van der Waals surface area contributed by atoms with Crippen molar-refractivity contribution in [1.29, 1.82) is 0 Å². The van der Waals surface area contributed by atoms with E-state index in [-0.39, 0.29) is 23.5 Å². The fourth-order valence-electron chi connectivity index (χ4n) is 3.16. The summed E-state index contributed by atoms with van der Waals surface area (Å²) in [5.74, 6) is -1.84. The molecule has 1 atom stereocenters. The van der Waals surface area contributed by atoms with Gasteiger partial charge >= 0.3 is 0 Å². The van der Waals surface area contributed by atoms with Gasteiger partial charge in [-0.3, -0.25) is 24.0 Å². The van der Waals surface area contributed by atoms with Crippen molar-refractivity contribution in [3.63, 3.8) is 0 Å². The molecule has 2 aromatic carbocycles. The largest absolute Gasteiger partial charge is 0.354 e. The van der Waals surface area contributed by atoms with E-state index in [4.69, 9.17) is 0 Å². The molecular weight excluding hydrogens is 467 g/mol. The number of hydrogen-bond acceptors (Lipinski definition) is 6. The molecule has 2 rings (SSSR count). The van der Waals surface area contributed by atoms with Crippen LogP contribution < -0.4 is 9.62 Å². The highest BCUT2D eigenvalue weighted by molar-refractivity contribution is 7.92. The summed E-state index contributed by atoms with van der Waals surface area (Å²) in [5, 5.41) is 13.8. The molecule has 34 heavy (non-hydrogen) atoms. The van der Waals surface area contributed by atoms with Crippen molar-refractivity contribution in [2.24, 2.45) is 0 Å². The van der Waals surface area contributed by atoms with Gasteiger partial charge in [-0.25, -0.2) is 12.8 Å². The van der Waals surface area contributed by atoms with Gasteiger partial charge < -0.3 is 10.2 Å². The number of amides is 2. The normalized spacial score (nSPS) is 12.0. The zero-order valence-corrected chi connectivity index (χ0v) is 19.9. The molecule has 1 N–H and O–H groups in total. The first kappa shape index (κ1) is 26.7. The topological polar surface area (TPSA) is 130 Å². The van der Waals surface area contributed by atoms with Crippen LogP contribution in [0.5, 0.6) is 0 Å². The van der Waals surface area contributed by atoms with Gasteiger partial charge in [0.2, 0.25) is 21.8 Å². The monoisotopic (exact) mass is 494 g/mol. The Bertz CT molecular complexity index is 1160. The average molecular weight is 495 g/mol. The van der Waals surface area contributed by atoms with E-state index in [1.807, 2.05) is 6.92 Å². The van der Waals surface area contributed by atoms with Gasteiger partial charge in [-0.15, -0.1) is 0 Å². The van der Waals surface area contributed by atoms with E-state index in [9.17, 15) is 32.5 Å². The predicted molar refractivity (Wildman–Crippen MR) is 125 cm³/mol. The van der Waals surface area contributed by atoms with Crippen LogP contribution in [0.1, 0.15) is 25.8 Å². The molecule has 0 aromatic heterocycles. The fraction of sp³-hybridized carbons (Fsp3) is 0.364. The highest BCUT2D eigenvalue weighted by atomic mass is 32.2. The molecule has 0 saturated heterocycles. The number of carbonyl (C=O) groups is 2. The number of carbonyl (C=O) groups excluding carboxylic acids is 2. The first-order valence-electron chi connectivity index (χ1n) is 10.5. The summed E-state index contributed by atoms with van der Waals surface area (Å²) in [6.45, 7) is 2.67. The second kappa shape index (κ2) is 11.5. The van der Waals surface area contributed by atoms with Gasteiger partial charge in [0.15, 0.2) is 0 Å². The Balaban J connectivity index is 2.42. The van der Waals surface area contributed by atoms with Crippen LogP contribution in [0.25, 0.3) is 0 Å². The molecule has 10 nitrogen and oxygen atoms in total. The molecule has 0 aliphatic heterocycles. The number of sulfonamides is 1. The van der Waals surface area contributed by atoms with E-state index in [1.54, 1.807) is 6.07 Å². The number of halogens is 1. The van der Waals surface area contributed by atoms with Crippen molar-refractivity contribution >= 4 is 33.2 Å². The minimum Gasteiger partial charge on any atom is -0.354 e. The lowest BCUT2D eigenvalue weighted by Gasteiger charge is -2.31. The molecule has 2 amide bonds. The fourth-order valence-corrected chi connectivity index (χ4v) is 4.01. The van der Waals surface area contributed by atoms with Gasteiger partial charge in [0.25, 0.3) is 5.69 Å². The van der Waals surface area contributed by atoms with E-state index < -0.39 is 45.2 Å². The van der Waals surface area contributed by atoms with Crippen molar-refractivity contribution < 1.29 is 27.3 Å². The zero-order valence-electron chi connectivity index (χ0n) is 19.1. The van der Waals surface area contributed by atoms with E-state index in [0.717, 1.165) is 17.2 Å². The van der Waals surface area contributed by atoms with Crippen LogP contribution in [-0.4, -0.2) is 55.4 Å². The summed E-state index contributed by atoms with van der Waals surface area (Å²) in [7, 11) is -4.04. The molecule has 0 heterocycles. The lowest BCUT2D eigenvalue weighted by atomic mass is 10.1. The summed E-state index contributed by atoms with van der Waals surface area (Å²) in [5.41, 5.74) is -0.291. The smallest absolute Gasteiger partial charge is 0.271 e. The first-order chi connectivity index (χ1) is 16.0. The number of benzene rings is 2. The van der Waals surface area contributed by atoms with Gasteiger partial charge in [0, 0.05) is 30.8 Å². The minimum atomic E-state index is -4.04. The van der Waals surface area contributed by atoms with Crippen LogP contribution in [0.15, 0.2) is 48.5 Å². The Hall–Kier alpha value is -3.54. The molecule has 2 aromatic rings. The minimum absolute atomic E-state index is 0.0843. The quantitative estimate of drug-likeness (QED) is 0.377. The summed E-state index contributed by atoms with van der Waals surface area (Å²) >= 11 is 0. The molecule has 0 aliphatic carbocycles. The number of rotatable bonds is 11. The molecule has 0 radical (unpaired) electrons. The number of non-ortho nitro benzene ring substituents is 1. The van der Waals surface area contributed by atoms with Crippen molar-refractivity contribution in [3.8, 4) is 0 Å². The summed E-state index contributed by atoms with van der Waals surface area (Å²) in [6, 6.07) is 9.54. The third-order valence-electron chi connectivity index (χ3n) is 5.02. The number of hydrogen-bond donors (Lipinski definition) is 1. The van der Waals surface area contributed by atoms with E-state index in [0.29, 0.717) is 17.3 Å². The maximum atomic E-state index is 14.3. The van der Waals surface area contributed by atoms with Gasteiger partial charge in [-0.1, -0.05) is 31.2 Å². The van der Waals surface area contributed by atoms with Crippen LogP contribution in [0.4, 0.5) is 15.8 Å². The second-order valence-electron chi connectivity index (χ2n) is 7.63. The Kier molecular flexibility index (Phi) is 9.07. The van der Waals surface area contributed by atoms with Crippen LogP contribution in [-0.2, 0) is 26.2 Å². The Morgan fingerprint density at radius 1 is 1.18 bits per heavy atom. The van der Waals surface area contributed by atoms with Gasteiger partial charge in [0.1, 0.15) is 18.4 Å². The summed E-state index contributed by atoms with van der Waals surface area (Å²) in [6.07, 6.45) is 1.52. The first-order valence-corrected chi connectivity index (χ1v) is 12.3. The standard InChI is InChI=1S/C22H27FN4O6S/c1-4-12-24-22(29)16(2)25(14-17-8-5-6-11-20(17)23)21(28)15-26(34(3,32)33)18-9-7-10-19(13-18)27(30)31/h5-11,13,16H,4,12,14-15H2,1-3H3,(H,24,29)/t16-/m1/s1. The Morgan fingerprint density at radius 2 is 1.85 bits per heavy atom. The number of nitro benzene ring substituents is 1. The molecule has 0 unspecified atom stereocenters. The number of nitrogens with one attached hydrogen (secondary N) is 1. The maximum absolute atomic E-state index is 14.3. The second-order valence-corrected chi connectivity index (χ2v) is 9.53. The average Bonchev–Trinajstić information content (AvgIpc) is 2.79. The third kappa shape index (κ3) is 6.98. The highest BCUT2D eigenvalue weighted by Gasteiger charge is 2.30. The Morgan fingerprint density at radius 3 is 2.44 bits per heavy atom. The molecular formula is C22H27FN4O6S. The molecule has 12 heteroatoms. The highest BCUT2D eigenvalue weighted by Crippen LogP contribution is 2.24. The summed E-state index contributed by atoms with van der Waals surface area (Å²) < 4.78 is 40.0. The van der Waals surface area contributed by atoms with Crippen molar-refractivity contribution in [3.05, 3.63) is 70.0 Å². The zero-order chi connectivity index (χ0) is 25.5. The molecule has 0 saturated carbocycles. The summed E-state index contributed by atoms with van der Waals surface area (Å²) in [4.78, 5) is 37.4. The van der Waals surface area contributed by atoms with Gasteiger partial charge in [-0.2, -0.15) is 0 Å². The van der Waals surface area contributed by atoms with Crippen LogP contribution >= 0.6 is 0 Å². The molecule has 0 spiro atoms. The lowest BCUT2D eigenvalue weighted by molar-refractivity contribution is -0.384. The molecule has 184 valence electrons. The van der Waals surface area contributed by atoms with Crippen LogP contribution in [0.2, 0.25) is 0 Å².